The average Bonchev–Trinajstić information content (AvgIpc) is 3.29. The van der Waals surface area contributed by atoms with E-state index in [0.717, 1.165) is 0 Å². The third-order valence-electron chi connectivity index (χ3n) is 5.04. The molecule has 0 aliphatic carbocycles. The molecule has 0 radical (unpaired) electrons. The first-order chi connectivity index (χ1) is 14.9. The van der Waals surface area contributed by atoms with Gasteiger partial charge in [-0.2, -0.15) is 13.2 Å². The van der Waals surface area contributed by atoms with Crippen LogP contribution in [0.5, 0.6) is 0 Å². The van der Waals surface area contributed by atoms with Crippen molar-refractivity contribution >= 4 is 11.4 Å². The number of nitrogens with zero attached hydrogens (tertiary/aromatic N) is 3. The topological polar surface area (TPSA) is 41.3 Å². The van der Waals surface area contributed by atoms with E-state index < -0.39 is 24.1 Å². The molecule has 1 aromatic heterocycles. The lowest BCUT2D eigenvalue weighted by atomic mass is 10.00. The van der Waals surface area contributed by atoms with Crippen molar-refractivity contribution in [3.05, 3.63) is 109 Å². The van der Waals surface area contributed by atoms with Crippen molar-refractivity contribution in [3.63, 3.8) is 0 Å². The Bertz CT molecular complexity index is 1080. The van der Waals surface area contributed by atoms with E-state index in [1.165, 1.54) is 21.9 Å². The monoisotopic (exact) mass is 423 g/mol. The van der Waals surface area contributed by atoms with Crippen LogP contribution in [-0.4, -0.2) is 27.4 Å². The van der Waals surface area contributed by atoms with Gasteiger partial charge < -0.3 is 14.6 Å². The summed E-state index contributed by atoms with van der Waals surface area (Å²) in [5.74, 6) is -0.497. The smallest absolute Gasteiger partial charge is 0.373 e. The Kier molecular flexibility index (Phi) is 5.52. The Morgan fingerprint density at radius 1 is 0.774 bits per heavy atom. The van der Waals surface area contributed by atoms with Gasteiger partial charge in [0.2, 0.25) is 5.60 Å². The number of benzene rings is 3. The SMILES string of the molecule is O[C@@](CN(c1ccccc1)c1ccccc1)(c1nccn1-c1ccccc1)C(F)(F)F. The van der Waals surface area contributed by atoms with Gasteiger partial charge in [0, 0.05) is 29.5 Å². The molecule has 0 bridgehead atoms. The van der Waals surface area contributed by atoms with Crippen LogP contribution in [0.4, 0.5) is 24.5 Å². The second-order valence-corrected chi connectivity index (χ2v) is 7.07. The third kappa shape index (κ3) is 4.04. The van der Waals surface area contributed by atoms with Crippen LogP contribution in [0.1, 0.15) is 5.82 Å². The van der Waals surface area contributed by atoms with E-state index in [9.17, 15) is 18.3 Å². The van der Waals surface area contributed by atoms with Crippen LogP contribution >= 0.6 is 0 Å². The number of hydrogen-bond acceptors (Lipinski definition) is 3. The van der Waals surface area contributed by atoms with Gasteiger partial charge in [0.1, 0.15) is 0 Å². The molecular formula is C24H20F3N3O. The molecule has 1 N–H and O–H groups in total. The predicted molar refractivity (Wildman–Crippen MR) is 113 cm³/mol. The Morgan fingerprint density at radius 2 is 1.26 bits per heavy atom. The molecule has 0 saturated heterocycles. The largest absolute Gasteiger partial charge is 0.426 e. The maximum atomic E-state index is 14.4. The molecule has 4 aromatic rings. The number of aromatic nitrogens is 2. The zero-order valence-electron chi connectivity index (χ0n) is 16.4. The van der Waals surface area contributed by atoms with E-state index in [0.29, 0.717) is 17.1 Å². The Balaban J connectivity index is 1.84. The first-order valence-corrected chi connectivity index (χ1v) is 9.66. The lowest BCUT2D eigenvalue weighted by molar-refractivity contribution is -0.265. The molecule has 0 aliphatic rings. The van der Waals surface area contributed by atoms with E-state index in [-0.39, 0.29) is 0 Å². The van der Waals surface area contributed by atoms with Crippen molar-refractivity contribution in [2.45, 2.75) is 11.8 Å². The molecule has 4 rings (SSSR count). The molecule has 0 fully saturated rings. The third-order valence-corrected chi connectivity index (χ3v) is 5.04. The number of hydrogen-bond donors (Lipinski definition) is 1. The quantitative estimate of drug-likeness (QED) is 0.448. The van der Waals surface area contributed by atoms with Gasteiger partial charge in [-0.25, -0.2) is 4.98 Å². The maximum Gasteiger partial charge on any atom is 0.426 e. The van der Waals surface area contributed by atoms with Crippen LogP contribution in [-0.2, 0) is 5.60 Å². The van der Waals surface area contributed by atoms with E-state index in [2.05, 4.69) is 4.98 Å². The molecule has 3 aromatic carbocycles. The van der Waals surface area contributed by atoms with Crippen molar-refractivity contribution in [3.8, 4) is 5.69 Å². The number of para-hydroxylation sites is 3. The van der Waals surface area contributed by atoms with Crippen molar-refractivity contribution < 1.29 is 18.3 Å². The van der Waals surface area contributed by atoms with Crippen LogP contribution in [0.15, 0.2) is 103 Å². The minimum absolute atomic E-state index is 0.476. The molecule has 158 valence electrons. The summed E-state index contributed by atoms with van der Waals surface area (Å²) < 4.78 is 44.5. The molecule has 0 aliphatic heterocycles. The Morgan fingerprint density at radius 3 is 1.74 bits per heavy atom. The van der Waals surface area contributed by atoms with Crippen LogP contribution in [0.2, 0.25) is 0 Å². The second-order valence-electron chi connectivity index (χ2n) is 7.07. The highest BCUT2D eigenvalue weighted by molar-refractivity contribution is 5.63. The summed E-state index contributed by atoms with van der Waals surface area (Å²) in [4.78, 5) is 5.38. The standard InChI is InChI=1S/C24H20F3N3O/c25-24(26,27)23(31,22-28-16-17-29(22)19-10-4-1-5-11-19)18-30(20-12-6-2-7-13-20)21-14-8-3-9-15-21/h1-17,31H,18H2/t23-/m0/s1. The maximum absolute atomic E-state index is 14.4. The zero-order chi connectivity index (χ0) is 21.9. The molecule has 0 spiro atoms. The minimum atomic E-state index is -4.98. The molecule has 0 amide bonds. The van der Waals surface area contributed by atoms with Gasteiger partial charge >= 0.3 is 6.18 Å². The molecule has 1 heterocycles. The first kappa shape index (κ1) is 20.7. The number of aliphatic hydroxyl groups is 1. The lowest BCUT2D eigenvalue weighted by Crippen LogP contribution is -2.51. The van der Waals surface area contributed by atoms with Gasteiger partial charge in [-0.1, -0.05) is 54.6 Å². The number of halogens is 3. The van der Waals surface area contributed by atoms with Gasteiger partial charge in [0.05, 0.1) is 6.54 Å². The summed E-state index contributed by atoms with van der Waals surface area (Å²) in [6.45, 7) is -0.769. The molecule has 7 heteroatoms. The van der Waals surface area contributed by atoms with Crippen molar-refractivity contribution in [2.24, 2.45) is 0 Å². The van der Waals surface area contributed by atoms with Crippen molar-refractivity contribution in [2.75, 3.05) is 11.4 Å². The summed E-state index contributed by atoms with van der Waals surface area (Å²) in [5.41, 5.74) is -1.72. The fourth-order valence-corrected chi connectivity index (χ4v) is 3.47. The molecule has 0 unspecified atom stereocenters. The number of imidazole rings is 1. The molecule has 0 saturated carbocycles. The molecule has 4 nitrogen and oxygen atoms in total. The highest BCUT2D eigenvalue weighted by Gasteiger charge is 2.59. The van der Waals surface area contributed by atoms with Crippen LogP contribution in [0, 0.1) is 0 Å². The molecular weight excluding hydrogens is 403 g/mol. The van der Waals surface area contributed by atoms with E-state index >= 15 is 0 Å². The average molecular weight is 423 g/mol. The fraction of sp³-hybridized carbons (Fsp3) is 0.125. The van der Waals surface area contributed by atoms with Crippen molar-refractivity contribution in [1.82, 2.24) is 9.55 Å². The van der Waals surface area contributed by atoms with Gasteiger partial charge in [0.25, 0.3) is 0 Å². The Hall–Kier alpha value is -3.58. The zero-order valence-corrected chi connectivity index (χ0v) is 16.4. The molecule has 1 atom stereocenters. The van der Waals surface area contributed by atoms with E-state index in [4.69, 9.17) is 0 Å². The van der Waals surface area contributed by atoms with Crippen molar-refractivity contribution in [1.29, 1.82) is 0 Å². The van der Waals surface area contributed by atoms with Crippen LogP contribution < -0.4 is 4.90 Å². The van der Waals surface area contributed by atoms with E-state index in [1.807, 2.05) is 0 Å². The second kappa shape index (κ2) is 8.28. The van der Waals surface area contributed by atoms with Gasteiger partial charge in [-0.3, -0.25) is 0 Å². The summed E-state index contributed by atoms with van der Waals surface area (Å²) in [5, 5.41) is 11.2. The van der Waals surface area contributed by atoms with E-state index in [1.54, 1.807) is 91.0 Å². The highest BCUT2D eigenvalue weighted by atomic mass is 19.4. The normalized spacial score (nSPS) is 13.5. The molecule has 31 heavy (non-hydrogen) atoms. The lowest BCUT2D eigenvalue weighted by Gasteiger charge is -2.36. The predicted octanol–water partition coefficient (Wildman–Crippen LogP) is 5.46. The van der Waals surface area contributed by atoms with Gasteiger partial charge in [-0.05, 0) is 36.4 Å². The van der Waals surface area contributed by atoms with Gasteiger partial charge in [0.15, 0.2) is 5.82 Å². The first-order valence-electron chi connectivity index (χ1n) is 9.66. The number of anilines is 2. The number of alkyl halides is 3. The number of rotatable bonds is 6. The van der Waals surface area contributed by atoms with Gasteiger partial charge in [-0.15, -0.1) is 0 Å². The summed E-state index contributed by atoms with van der Waals surface area (Å²) in [6.07, 6.45) is -2.31. The summed E-state index contributed by atoms with van der Waals surface area (Å²) >= 11 is 0. The summed E-state index contributed by atoms with van der Waals surface area (Å²) in [6, 6.07) is 25.8. The highest BCUT2D eigenvalue weighted by Crippen LogP contribution is 2.42. The van der Waals surface area contributed by atoms with Crippen LogP contribution in [0.3, 0.4) is 0 Å². The Labute approximate surface area is 177 Å². The minimum Gasteiger partial charge on any atom is -0.373 e. The van der Waals surface area contributed by atoms with Crippen LogP contribution in [0.25, 0.3) is 5.69 Å². The fourth-order valence-electron chi connectivity index (χ4n) is 3.47. The summed E-state index contributed by atoms with van der Waals surface area (Å²) in [7, 11) is 0.